The molecule has 0 unspecified atom stereocenters. The zero-order valence-corrected chi connectivity index (χ0v) is 3.66. The highest BCUT2D eigenvalue weighted by molar-refractivity contribution is 4.61. The zero-order chi connectivity index (χ0) is 5.70. The van der Waals surface area contributed by atoms with E-state index in [1.807, 2.05) is 0 Å². The van der Waals surface area contributed by atoms with Gasteiger partial charge in [-0.3, -0.25) is 0 Å². The lowest BCUT2D eigenvalue weighted by Crippen LogP contribution is -1.98. The molecule has 0 aliphatic carbocycles. The van der Waals surface area contributed by atoms with E-state index in [1.165, 1.54) is 6.08 Å². The van der Waals surface area contributed by atoms with Gasteiger partial charge in [0.15, 0.2) is 0 Å². The minimum atomic E-state index is -0.859. The Bertz CT molecular complexity index is 80.2. The van der Waals surface area contributed by atoms with Crippen molar-refractivity contribution >= 4 is 0 Å². The third-order valence-electron chi connectivity index (χ3n) is 0.298. The molecule has 0 saturated carbocycles. The summed E-state index contributed by atoms with van der Waals surface area (Å²) in [5.74, 6) is 0. The lowest BCUT2D eigenvalue weighted by atomic mass is 10.7. The summed E-state index contributed by atoms with van der Waals surface area (Å²) in [5.41, 5.74) is 0. The third kappa shape index (κ3) is 4.94. The van der Waals surface area contributed by atoms with Crippen molar-refractivity contribution in [3.05, 3.63) is 22.8 Å². The van der Waals surface area contributed by atoms with E-state index in [0.29, 0.717) is 0 Å². The van der Waals surface area contributed by atoms with Crippen molar-refractivity contribution in [2.75, 3.05) is 6.61 Å². The Balaban J connectivity index is 2.97. The van der Waals surface area contributed by atoms with E-state index in [-0.39, 0.29) is 6.61 Å². The number of rotatable bonds is 3. The summed E-state index contributed by atoms with van der Waals surface area (Å²) in [4.78, 5) is 13.1. The molecule has 0 amide bonds. The molecule has 7 heavy (non-hydrogen) atoms. The Labute approximate surface area is 40.5 Å². The molecule has 0 aromatic carbocycles. The molecule has 0 rings (SSSR count). The van der Waals surface area contributed by atoms with E-state index >= 15 is 0 Å². The van der Waals surface area contributed by atoms with Crippen LogP contribution in [0.3, 0.4) is 0 Å². The van der Waals surface area contributed by atoms with Crippen LogP contribution in [-0.2, 0) is 4.84 Å². The highest BCUT2D eigenvalue weighted by Crippen LogP contribution is 1.71. The first-order chi connectivity index (χ1) is 3.27. The van der Waals surface area contributed by atoms with Gasteiger partial charge in [-0.1, -0.05) is 6.08 Å². The molecule has 0 heterocycles. The number of nitrogens with zero attached hydrogens (tertiary/aromatic N) is 1. The van der Waals surface area contributed by atoms with Gasteiger partial charge in [0.25, 0.3) is 5.09 Å². The van der Waals surface area contributed by atoms with Gasteiger partial charge >= 0.3 is 0 Å². The SMILES string of the molecule is C=CCO[N+](=O)[O-]. The minimum absolute atomic E-state index is 0.0347. The molecule has 0 aliphatic rings. The van der Waals surface area contributed by atoms with E-state index in [9.17, 15) is 10.1 Å². The summed E-state index contributed by atoms with van der Waals surface area (Å²) in [6.45, 7) is 3.17. The van der Waals surface area contributed by atoms with E-state index in [0.717, 1.165) is 0 Å². The molecule has 0 bridgehead atoms. The highest BCUT2D eigenvalue weighted by Gasteiger charge is 1.85. The third-order valence-corrected chi connectivity index (χ3v) is 0.298. The molecule has 0 aromatic heterocycles. The van der Waals surface area contributed by atoms with Crippen LogP contribution in [0.25, 0.3) is 0 Å². The predicted molar refractivity (Wildman–Crippen MR) is 23.1 cm³/mol. The molecule has 0 atom stereocenters. The van der Waals surface area contributed by atoms with Crippen molar-refractivity contribution in [3.8, 4) is 0 Å². The molecule has 0 saturated heterocycles. The Morgan fingerprint density at radius 2 is 2.57 bits per heavy atom. The second kappa shape index (κ2) is 3.14. The normalized spacial score (nSPS) is 7.43. The molecule has 0 N–H and O–H groups in total. The lowest BCUT2D eigenvalue weighted by molar-refractivity contribution is -0.755. The largest absolute Gasteiger partial charge is 0.310 e. The van der Waals surface area contributed by atoms with Crippen LogP contribution in [0.1, 0.15) is 0 Å². The van der Waals surface area contributed by atoms with E-state index in [4.69, 9.17) is 0 Å². The van der Waals surface area contributed by atoms with Crippen molar-refractivity contribution in [1.82, 2.24) is 0 Å². The van der Waals surface area contributed by atoms with Crippen molar-refractivity contribution in [2.24, 2.45) is 0 Å². The highest BCUT2D eigenvalue weighted by atomic mass is 16.9. The van der Waals surface area contributed by atoms with Crippen LogP contribution in [0, 0.1) is 10.1 Å². The molecule has 40 valence electrons. The van der Waals surface area contributed by atoms with Crippen LogP contribution in [0.15, 0.2) is 12.7 Å². The average Bonchev–Trinajstić information content (AvgIpc) is 1.61. The molecule has 0 spiro atoms. The van der Waals surface area contributed by atoms with Crippen molar-refractivity contribution in [2.45, 2.75) is 0 Å². The first kappa shape index (κ1) is 5.94. The van der Waals surface area contributed by atoms with Crippen LogP contribution in [0.2, 0.25) is 0 Å². The van der Waals surface area contributed by atoms with Crippen molar-refractivity contribution < 1.29 is 9.92 Å². The monoisotopic (exact) mass is 103 g/mol. The van der Waals surface area contributed by atoms with Crippen LogP contribution in [0.4, 0.5) is 0 Å². The van der Waals surface area contributed by atoms with Crippen LogP contribution in [-0.4, -0.2) is 11.7 Å². The van der Waals surface area contributed by atoms with Crippen molar-refractivity contribution in [1.29, 1.82) is 0 Å². The maximum absolute atomic E-state index is 9.29. The predicted octanol–water partition coefficient (Wildman–Crippen LogP) is 0.381. The fourth-order valence-corrected chi connectivity index (χ4v) is 0.114. The van der Waals surface area contributed by atoms with Gasteiger partial charge in [0.1, 0.15) is 6.61 Å². The molecule has 0 aliphatic heterocycles. The van der Waals surface area contributed by atoms with Crippen molar-refractivity contribution in [3.63, 3.8) is 0 Å². The number of hydrogen-bond acceptors (Lipinski definition) is 3. The molecule has 0 fully saturated rings. The van der Waals surface area contributed by atoms with E-state index in [1.54, 1.807) is 0 Å². The summed E-state index contributed by atoms with van der Waals surface area (Å²) in [7, 11) is 0. The fourth-order valence-electron chi connectivity index (χ4n) is 0.114. The van der Waals surface area contributed by atoms with E-state index < -0.39 is 5.09 Å². The van der Waals surface area contributed by atoms with Gasteiger partial charge in [-0.15, -0.1) is 16.7 Å². The maximum atomic E-state index is 9.29. The fraction of sp³-hybridized carbons (Fsp3) is 0.333. The summed E-state index contributed by atoms with van der Waals surface area (Å²) in [6, 6.07) is 0. The second-order valence-electron chi connectivity index (χ2n) is 0.808. The number of hydrogen-bond donors (Lipinski definition) is 0. The van der Waals surface area contributed by atoms with E-state index in [2.05, 4.69) is 11.4 Å². The lowest BCUT2D eigenvalue weighted by Gasteiger charge is -1.85. The standard InChI is InChI=1S/C3H5NO3/c1-2-3-7-4(5)6/h2H,1,3H2. The quantitative estimate of drug-likeness (QED) is 0.295. The Kier molecular flexibility index (Phi) is 2.67. The van der Waals surface area contributed by atoms with Gasteiger partial charge in [0, 0.05) is 0 Å². The Morgan fingerprint density at radius 1 is 2.00 bits per heavy atom. The second-order valence-corrected chi connectivity index (χ2v) is 0.808. The maximum Gasteiger partial charge on any atom is 0.294 e. The first-order valence-electron chi connectivity index (χ1n) is 1.65. The van der Waals surface area contributed by atoms with Gasteiger partial charge < -0.3 is 4.84 Å². The summed E-state index contributed by atoms with van der Waals surface area (Å²) >= 11 is 0. The molecule has 0 radical (unpaired) electrons. The van der Waals surface area contributed by atoms with Gasteiger partial charge in [-0.2, -0.15) is 0 Å². The first-order valence-corrected chi connectivity index (χ1v) is 1.65. The topological polar surface area (TPSA) is 52.4 Å². The molecular formula is C3H5NO3. The van der Waals surface area contributed by atoms with Gasteiger partial charge in [0.2, 0.25) is 0 Å². The van der Waals surface area contributed by atoms with Gasteiger partial charge in [0.05, 0.1) is 0 Å². The smallest absolute Gasteiger partial charge is 0.294 e. The molecule has 4 nitrogen and oxygen atoms in total. The van der Waals surface area contributed by atoms with Gasteiger partial charge in [-0.05, 0) is 0 Å². The summed E-state index contributed by atoms with van der Waals surface area (Å²) in [5, 5.41) is 8.43. The van der Waals surface area contributed by atoms with Crippen LogP contribution < -0.4 is 0 Å². The zero-order valence-electron chi connectivity index (χ0n) is 3.66. The van der Waals surface area contributed by atoms with Crippen LogP contribution >= 0.6 is 0 Å². The van der Waals surface area contributed by atoms with Gasteiger partial charge in [-0.25, -0.2) is 0 Å². The Morgan fingerprint density at radius 3 is 2.71 bits per heavy atom. The summed E-state index contributed by atoms with van der Waals surface area (Å²) < 4.78 is 0. The molecular weight excluding hydrogens is 98.0 g/mol. The average molecular weight is 103 g/mol. The minimum Gasteiger partial charge on any atom is -0.310 e. The molecule has 0 aromatic rings. The van der Waals surface area contributed by atoms with Crippen LogP contribution in [0.5, 0.6) is 0 Å². The summed E-state index contributed by atoms with van der Waals surface area (Å²) in [6.07, 6.45) is 1.31. The molecule has 4 heteroatoms. The Hall–Kier alpha value is -1.06.